The summed E-state index contributed by atoms with van der Waals surface area (Å²) < 4.78 is 20.5. The molecular weight excluding hydrogens is 390 g/mol. The van der Waals surface area contributed by atoms with E-state index in [9.17, 15) is 13.8 Å². The number of nitrogens with zero attached hydrogens (tertiary/aromatic N) is 2. The lowest BCUT2D eigenvalue weighted by Crippen LogP contribution is -2.32. The Morgan fingerprint density at radius 3 is 2.34 bits per heavy atom. The monoisotopic (exact) mass is 415 g/mol. The first-order valence-electron chi connectivity index (χ1n) is 9.26. The molecule has 1 heterocycles. The lowest BCUT2D eigenvalue weighted by atomic mass is 9.98. The predicted octanol–water partition coefficient (Wildman–Crippen LogP) is 3.58. The Morgan fingerprint density at radius 1 is 1.10 bits per heavy atom. The van der Waals surface area contributed by atoms with Gasteiger partial charge in [-0.3, -0.25) is 4.79 Å². The van der Waals surface area contributed by atoms with Crippen molar-refractivity contribution in [1.82, 2.24) is 4.90 Å². The molecule has 29 heavy (non-hydrogen) atoms. The smallest absolute Gasteiger partial charge is 0.321 e. The molecule has 3 amide bonds. The van der Waals surface area contributed by atoms with E-state index in [0.29, 0.717) is 30.3 Å². The molecule has 3 rings (SSSR count). The van der Waals surface area contributed by atoms with E-state index >= 15 is 0 Å². The van der Waals surface area contributed by atoms with Gasteiger partial charge in [0.25, 0.3) is 5.91 Å². The Hall–Kier alpha value is -2.87. The molecule has 8 heteroatoms. The molecule has 2 aromatic carbocycles. The maximum absolute atomic E-state index is 12.6. The predicted molar refractivity (Wildman–Crippen MR) is 114 cm³/mol. The first kappa shape index (κ1) is 20.9. The molecule has 1 saturated heterocycles. The molecule has 0 bridgehead atoms. The average Bonchev–Trinajstić information content (AvgIpc) is 3.17. The van der Waals surface area contributed by atoms with Gasteiger partial charge in [-0.2, -0.15) is 4.36 Å². The van der Waals surface area contributed by atoms with Crippen molar-refractivity contribution in [3.8, 4) is 5.75 Å². The van der Waals surface area contributed by atoms with Crippen LogP contribution in [0.5, 0.6) is 5.75 Å². The molecule has 7 nitrogen and oxygen atoms in total. The number of urea groups is 1. The van der Waals surface area contributed by atoms with Crippen LogP contribution in [-0.4, -0.2) is 53.8 Å². The number of hydrogen-bond acceptors (Lipinski definition) is 4. The highest BCUT2D eigenvalue weighted by Crippen LogP contribution is 2.28. The van der Waals surface area contributed by atoms with E-state index in [0.717, 1.165) is 12.2 Å². The van der Waals surface area contributed by atoms with Crippen LogP contribution < -0.4 is 10.1 Å². The molecule has 0 aromatic heterocycles. The van der Waals surface area contributed by atoms with E-state index in [2.05, 4.69) is 9.68 Å². The average molecular weight is 416 g/mol. The van der Waals surface area contributed by atoms with E-state index in [4.69, 9.17) is 4.74 Å². The van der Waals surface area contributed by atoms with Crippen molar-refractivity contribution < 1.29 is 18.5 Å². The van der Waals surface area contributed by atoms with Crippen LogP contribution in [-0.2, 0) is 9.73 Å². The van der Waals surface area contributed by atoms with E-state index in [1.54, 1.807) is 36.3 Å². The highest BCUT2D eigenvalue weighted by molar-refractivity contribution is 7.92. The summed E-state index contributed by atoms with van der Waals surface area (Å²) in [6.45, 7) is 1.33. The van der Waals surface area contributed by atoms with Gasteiger partial charge >= 0.3 is 6.03 Å². The van der Waals surface area contributed by atoms with Crippen LogP contribution in [0.3, 0.4) is 0 Å². The number of ether oxygens (including phenoxy) is 1. The summed E-state index contributed by atoms with van der Waals surface area (Å²) >= 11 is 0. The quantitative estimate of drug-likeness (QED) is 0.827. The molecule has 0 saturated carbocycles. The second-order valence-electron chi connectivity index (χ2n) is 7.29. The maximum Gasteiger partial charge on any atom is 0.321 e. The van der Waals surface area contributed by atoms with Gasteiger partial charge < -0.3 is 15.0 Å². The lowest BCUT2D eigenvalue weighted by Gasteiger charge is -2.18. The van der Waals surface area contributed by atoms with Gasteiger partial charge in [-0.05, 0) is 48.4 Å². The minimum Gasteiger partial charge on any atom is -0.497 e. The maximum atomic E-state index is 12.6. The van der Waals surface area contributed by atoms with E-state index in [1.807, 2.05) is 24.3 Å². The molecule has 1 fully saturated rings. The van der Waals surface area contributed by atoms with Gasteiger partial charge in [-0.1, -0.05) is 12.1 Å². The summed E-state index contributed by atoms with van der Waals surface area (Å²) in [6, 6.07) is 14.2. The Balaban J connectivity index is 1.59. The largest absolute Gasteiger partial charge is 0.497 e. The van der Waals surface area contributed by atoms with Crippen LogP contribution in [0.4, 0.5) is 10.5 Å². The normalized spacial score (nSPS) is 16.4. The zero-order chi connectivity index (χ0) is 21.0. The third-order valence-corrected chi connectivity index (χ3v) is 5.35. The Labute approximate surface area is 171 Å². The van der Waals surface area contributed by atoms with E-state index in [-0.39, 0.29) is 6.03 Å². The minimum absolute atomic E-state index is 0.171. The Bertz CT molecular complexity index is 1000. The molecule has 0 spiro atoms. The number of anilines is 1. The number of nitrogens with one attached hydrogen (secondary N) is 1. The number of likely N-dealkylation sites (tertiary alicyclic amines) is 1. The third-order valence-electron chi connectivity index (χ3n) is 4.75. The van der Waals surface area contributed by atoms with Crippen molar-refractivity contribution in [2.24, 2.45) is 4.36 Å². The van der Waals surface area contributed by atoms with Crippen LogP contribution in [0.2, 0.25) is 0 Å². The van der Waals surface area contributed by atoms with Crippen molar-refractivity contribution in [2.75, 3.05) is 38.0 Å². The summed E-state index contributed by atoms with van der Waals surface area (Å²) in [5.74, 6) is 0.585. The topological polar surface area (TPSA) is 88.1 Å². The molecule has 154 valence electrons. The van der Waals surface area contributed by atoms with Gasteiger partial charge in [0.05, 0.1) is 7.11 Å². The van der Waals surface area contributed by atoms with Crippen LogP contribution in [0, 0.1) is 0 Å². The highest BCUT2D eigenvalue weighted by atomic mass is 32.2. The SMILES string of the molecule is COc1ccc(C2CCN(C(=O)Nc3ccc(C(=O)N=S(C)(C)=O)cc3)C2)cc1. The summed E-state index contributed by atoms with van der Waals surface area (Å²) in [5, 5.41) is 2.86. The fourth-order valence-electron chi connectivity index (χ4n) is 3.24. The molecule has 0 aliphatic carbocycles. The zero-order valence-electron chi connectivity index (χ0n) is 16.8. The number of carbonyl (C=O) groups is 2. The Morgan fingerprint density at radius 2 is 1.76 bits per heavy atom. The third kappa shape index (κ3) is 5.57. The molecule has 2 aromatic rings. The lowest BCUT2D eigenvalue weighted by molar-refractivity contribution is 0.100. The van der Waals surface area contributed by atoms with Gasteiger partial charge in [0.1, 0.15) is 5.75 Å². The fraction of sp³-hybridized carbons (Fsp3) is 0.333. The van der Waals surface area contributed by atoms with Gasteiger partial charge in [0, 0.05) is 52.5 Å². The second kappa shape index (κ2) is 8.65. The summed E-state index contributed by atoms with van der Waals surface area (Å²) in [5.41, 5.74) is 2.12. The van der Waals surface area contributed by atoms with E-state index in [1.165, 1.54) is 18.1 Å². The molecule has 1 unspecified atom stereocenters. The summed E-state index contributed by atoms with van der Waals surface area (Å²) in [7, 11) is -0.863. The van der Waals surface area contributed by atoms with Crippen molar-refractivity contribution >= 4 is 27.4 Å². The van der Waals surface area contributed by atoms with Crippen molar-refractivity contribution in [3.63, 3.8) is 0 Å². The fourth-order valence-corrected chi connectivity index (χ4v) is 3.75. The molecule has 1 N–H and O–H groups in total. The highest BCUT2D eigenvalue weighted by Gasteiger charge is 2.27. The van der Waals surface area contributed by atoms with Crippen LogP contribution in [0.25, 0.3) is 0 Å². The molecular formula is C21H25N3O4S. The zero-order valence-corrected chi connectivity index (χ0v) is 17.6. The van der Waals surface area contributed by atoms with Gasteiger partial charge in [0.2, 0.25) is 0 Å². The number of methoxy groups -OCH3 is 1. The van der Waals surface area contributed by atoms with Crippen LogP contribution in [0.1, 0.15) is 28.3 Å². The van der Waals surface area contributed by atoms with E-state index < -0.39 is 15.6 Å². The molecule has 1 atom stereocenters. The van der Waals surface area contributed by atoms with Crippen LogP contribution in [0.15, 0.2) is 52.9 Å². The molecule has 0 radical (unpaired) electrons. The van der Waals surface area contributed by atoms with Crippen LogP contribution >= 0.6 is 0 Å². The molecule has 1 aliphatic rings. The first-order valence-corrected chi connectivity index (χ1v) is 11.6. The minimum atomic E-state index is -2.50. The van der Waals surface area contributed by atoms with Crippen molar-refractivity contribution in [3.05, 3.63) is 59.7 Å². The number of benzene rings is 2. The standard InChI is InChI=1S/C21H25N3O4S/c1-28-19-10-6-15(7-11-19)17-12-13-24(14-17)21(26)22-18-8-4-16(5-9-18)20(25)23-29(2,3)27/h4-11,17H,12-14H2,1-3H3,(H,22,26). The first-order chi connectivity index (χ1) is 13.7. The van der Waals surface area contributed by atoms with Gasteiger partial charge in [0.15, 0.2) is 0 Å². The van der Waals surface area contributed by atoms with Crippen molar-refractivity contribution in [2.45, 2.75) is 12.3 Å². The van der Waals surface area contributed by atoms with Gasteiger partial charge in [-0.15, -0.1) is 0 Å². The number of rotatable bonds is 4. The summed E-state index contributed by atoms with van der Waals surface area (Å²) in [6.07, 6.45) is 3.73. The van der Waals surface area contributed by atoms with Crippen molar-refractivity contribution in [1.29, 1.82) is 0 Å². The number of hydrogen-bond donors (Lipinski definition) is 1. The summed E-state index contributed by atoms with van der Waals surface area (Å²) in [4.78, 5) is 26.3. The number of carbonyl (C=O) groups excluding carboxylic acids is 2. The Kier molecular flexibility index (Phi) is 6.22. The molecule has 1 aliphatic heterocycles. The van der Waals surface area contributed by atoms with Gasteiger partial charge in [-0.25, -0.2) is 9.00 Å². The number of amides is 3. The second-order valence-corrected chi connectivity index (χ2v) is 9.84.